The van der Waals surface area contributed by atoms with Gasteiger partial charge in [-0.25, -0.2) is 15.0 Å². The zero-order valence-corrected chi connectivity index (χ0v) is 35.9. The van der Waals surface area contributed by atoms with Crippen molar-refractivity contribution in [2.75, 3.05) is 0 Å². The first-order valence-corrected chi connectivity index (χ1v) is 22.5. The number of benzene rings is 11. The van der Waals surface area contributed by atoms with Crippen LogP contribution in [0.25, 0.3) is 132 Å². The van der Waals surface area contributed by atoms with Gasteiger partial charge in [0, 0.05) is 38.4 Å². The molecule has 11 aromatic carbocycles. The van der Waals surface area contributed by atoms with Crippen LogP contribution in [0.1, 0.15) is 0 Å². The number of pyridine rings is 1. The molecule has 3 nitrogen and oxygen atoms in total. The van der Waals surface area contributed by atoms with Gasteiger partial charge >= 0.3 is 0 Å². The second-order valence-electron chi connectivity index (χ2n) is 17.1. The highest BCUT2D eigenvalue weighted by Crippen LogP contribution is 2.42. The molecule has 0 radical (unpaired) electrons. The van der Waals surface area contributed by atoms with Gasteiger partial charge in [-0.15, -0.1) is 0 Å². The van der Waals surface area contributed by atoms with Crippen LogP contribution >= 0.6 is 0 Å². The third-order valence-corrected chi connectivity index (χ3v) is 13.2. The molecular weight excluding hydrogens is 799 g/mol. The summed E-state index contributed by atoms with van der Waals surface area (Å²) in [7, 11) is 0. The fraction of sp³-hybridized carbons (Fsp3) is 0. The van der Waals surface area contributed by atoms with E-state index in [1.807, 2.05) is 0 Å². The van der Waals surface area contributed by atoms with E-state index in [-0.39, 0.29) is 0 Å². The number of fused-ring (bicyclic) bond motifs is 9. The highest BCUT2D eigenvalue weighted by atomic mass is 14.9. The summed E-state index contributed by atoms with van der Waals surface area (Å²) in [6, 6.07) is 84.6. The Kier molecular flexibility index (Phi) is 8.85. The molecule has 0 N–H and O–H groups in total. The topological polar surface area (TPSA) is 38.7 Å². The van der Waals surface area contributed by atoms with Gasteiger partial charge < -0.3 is 0 Å². The van der Waals surface area contributed by atoms with E-state index in [4.69, 9.17) is 15.0 Å². The lowest BCUT2D eigenvalue weighted by Crippen LogP contribution is -1.98. The summed E-state index contributed by atoms with van der Waals surface area (Å²) in [4.78, 5) is 16.3. The molecule has 2 heterocycles. The van der Waals surface area contributed by atoms with Gasteiger partial charge in [0.25, 0.3) is 0 Å². The van der Waals surface area contributed by atoms with Crippen molar-refractivity contribution in [2.45, 2.75) is 0 Å². The molecule has 0 spiro atoms. The third kappa shape index (κ3) is 6.32. The van der Waals surface area contributed by atoms with Gasteiger partial charge in [-0.3, -0.25) is 0 Å². The van der Waals surface area contributed by atoms with Crippen LogP contribution in [0.5, 0.6) is 0 Å². The van der Waals surface area contributed by atoms with Crippen LogP contribution in [0.4, 0.5) is 0 Å². The average Bonchev–Trinajstić information content (AvgIpc) is 3.40. The lowest BCUT2D eigenvalue weighted by atomic mass is 9.92. The molecule has 306 valence electrons. The second-order valence-corrected chi connectivity index (χ2v) is 17.1. The van der Waals surface area contributed by atoms with E-state index >= 15 is 0 Å². The summed E-state index contributed by atoms with van der Waals surface area (Å²) in [6.07, 6.45) is 0. The Morgan fingerprint density at radius 3 is 1.44 bits per heavy atom. The highest BCUT2D eigenvalue weighted by Gasteiger charge is 2.19. The van der Waals surface area contributed by atoms with E-state index in [1.54, 1.807) is 0 Å². The smallest absolute Gasteiger partial charge is 0.161 e. The van der Waals surface area contributed by atoms with Crippen molar-refractivity contribution in [3.8, 4) is 67.4 Å². The zero-order valence-electron chi connectivity index (χ0n) is 35.9. The van der Waals surface area contributed by atoms with Crippen LogP contribution < -0.4 is 0 Å². The predicted octanol–water partition coefficient (Wildman–Crippen LogP) is 16.8. The third-order valence-electron chi connectivity index (χ3n) is 13.2. The van der Waals surface area contributed by atoms with Gasteiger partial charge in [-0.05, 0) is 89.6 Å². The molecule has 0 aliphatic rings. The van der Waals surface area contributed by atoms with Crippen molar-refractivity contribution in [1.29, 1.82) is 0 Å². The fourth-order valence-electron chi connectivity index (χ4n) is 10.1. The van der Waals surface area contributed by atoms with E-state index < -0.39 is 0 Å². The number of nitrogens with zero attached hydrogens (tertiary/aromatic N) is 3. The highest BCUT2D eigenvalue weighted by molar-refractivity contribution is 6.18. The first-order valence-electron chi connectivity index (χ1n) is 22.5. The van der Waals surface area contributed by atoms with Crippen molar-refractivity contribution < 1.29 is 0 Å². The van der Waals surface area contributed by atoms with Crippen molar-refractivity contribution in [3.63, 3.8) is 0 Å². The Morgan fingerprint density at radius 1 is 0.242 bits per heavy atom. The largest absolute Gasteiger partial charge is 0.247 e. The number of hydrogen-bond acceptors (Lipinski definition) is 3. The van der Waals surface area contributed by atoms with Gasteiger partial charge in [-0.2, -0.15) is 0 Å². The minimum atomic E-state index is 0.697. The Bertz CT molecular complexity index is 3890. The first kappa shape index (κ1) is 37.7. The fourth-order valence-corrected chi connectivity index (χ4v) is 10.1. The minimum Gasteiger partial charge on any atom is -0.247 e. The van der Waals surface area contributed by atoms with E-state index in [9.17, 15) is 0 Å². The SMILES string of the molecule is c1ccc(-c2nc3cc(-c4ccc(-c5cc(-c6cc7ccccc7c7ccccc67)nc(-c6cc7ccccc7c7ccccc67)n5)cc4)ccc3c3c(-c4ccccc4)cccc23)cc1. The van der Waals surface area contributed by atoms with E-state index in [2.05, 4.69) is 237 Å². The maximum atomic E-state index is 5.47. The molecule has 3 heteroatoms. The standard InChI is InChI=1S/C63H39N3/c1-3-16-41(17-4-1)49-28-15-29-55-61(49)54-35-34-44(38-59(54)64-62(55)43-18-5-2-6-19-43)40-30-32-42(33-31-40)58-39-60(56-36-45-20-7-9-22-47(45)50-24-11-13-26-52(50)56)66-63(65-58)57-37-46-21-8-10-23-48(46)51-25-12-14-27-53(51)57/h1-39H. The molecule has 0 aliphatic heterocycles. The molecule has 0 bridgehead atoms. The van der Waals surface area contributed by atoms with Crippen molar-refractivity contribution in [1.82, 2.24) is 15.0 Å². The normalized spacial score (nSPS) is 11.6. The van der Waals surface area contributed by atoms with Crippen molar-refractivity contribution in [2.24, 2.45) is 0 Å². The summed E-state index contributed by atoms with van der Waals surface area (Å²) >= 11 is 0. The molecule has 0 saturated heterocycles. The van der Waals surface area contributed by atoms with E-state index in [1.165, 1.54) is 43.4 Å². The Hall–Kier alpha value is -8.79. The van der Waals surface area contributed by atoms with Crippen molar-refractivity contribution >= 4 is 64.8 Å². The molecule has 2 aromatic heterocycles. The molecule has 13 rings (SSSR count). The quantitative estimate of drug-likeness (QED) is 0.157. The Labute approximate surface area is 382 Å². The Morgan fingerprint density at radius 2 is 0.758 bits per heavy atom. The molecule has 0 aliphatic carbocycles. The maximum Gasteiger partial charge on any atom is 0.161 e. The minimum absolute atomic E-state index is 0.697. The van der Waals surface area contributed by atoms with Crippen LogP contribution in [0.15, 0.2) is 237 Å². The van der Waals surface area contributed by atoms with Crippen LogP contribution in [-0.4, -0.2) is 15.0 Å². The average molecular weight is 838 g/mol. The van der Waals surface area contributed by atoms with Crippen LogP contribution in [-0.2, 0) is 0 Å². The van der Waals surface area contributed by atoms with Crippen LogP contribution in [0.3, 0.4) is 0 Å². The lowest BCUT2D eigenvalue weighted by molar-refractivity contribution is 1.19. The summed E-state index contributed by atoms with van der Waals surface area (Å²) in [6.45, 7) is 0. The van der Waals surface area contributed by atoms with E-state index in [0.717, 1.165) is 82.9 Å². The monoisotopic (exact) mass is 837 g/mol. The number of hydrogen-bond donors (Lipinski definition) is 0. The Balaban J connectivity index is 0.982. The molecular formula is C63H39N3. The zero-order chi connectivity index (χ0) is 43.6. The van der Waals surface area contributed by atoms with E-state index in [0.29, 0.717) is 5.82 Å². The molecule has 0 unspecified atom stereocenters. The second kappa shape index (κ2) is 15.5. The maximum absolute atomic E-state index is 5.47. The molecule has 0 fully saturated rings. The molecule has 13 aromatic rings. The summed E-state index contributed by atoms with van der Waals surface area (Å²) < 4.78 is 0. The number of rotatable bonds is 6. The summed E-state index contributed by atoms with van der Waals surface area (Å²) in [5.74, 6) is 0.697. The predicted molar refractivity (Wildman–Crippen MR) is 277 cm³/mol. The lowest BCUT2D eigenvalue weighted by Gasteiger charge is -2.15. The first-order chi connectivity index (χ1) is 32.7. The van der Waals surface area contributed by atoms with Crippen LogP contribution in [0.2, 0.25) is 0 Å². The molecule has 66 heavy (non-hydrogen) atoms. The number of aromatic nitrogens is 3. The molecule has 0 amide bonds. The van der Waals surface area contributed by atoms with Gasteiger partial charge in [0.2, 0.25) is 0 Å². The van der Waals surface area contributed by atoms with Gasteiger partial charge in [0.1, 0.15) is 0 Å². The molecule has 0 saturated carbocycles. The van der Waals surface area contributed by atoms with Crippen LogP contribution in [0, 0.1) is 0 Å². The van der Waals surface area contributed by atoms with Crippen molar-refractivity contribution in [3.05, 3.63) is 237 Å². The van der Waals surface area contributed by atoms with Gasteiger partial charge in [0.15, 0.2) is 5.82 Å². The summed E-state index contributed by atoms with van der Waals surface area (Å²) in [5.41, 5.74) is 12.5. The van der Waals surface area contributed by atoms with Gasteiger partial charge in [-0.1, -0.05) is 212 Å². The summed E-state index contributed by atoms with van der Waals surface area (Å²) in [5, 5.41) is 13.0. The van der Waals surface area contributed by atoms with Gasteiger partial charge in [0.05, 0.1) is 22.6 Å². The molecule has 0 atom stereocenters.